The standard InChI is InChI=1S/C14H22O3/c1-9(2)12-6-5-10(3)8-14(12)16-11(4)7-13(15)17-14/h7,9-10,12H,5-6,8H2,1-4H3/t10-,12+,14+/m0/s1. The van der Waals surface area contributed by atoms with E-state index in [2.05, 4.69) is 20.8 Å². The molecule has 3 atom stereocenters. The zero-order valence-corrected chi connectivity index (χ0v) is 11.2. The SMILES string of the molecule is CC1=CC(=O)O[C@@]2(C[C@@H](C)CC[C@@H]2C(C)C)O1. The van der Waals surface area contributed by atoms with Gasteiger partial charge in [-0.1, -0.05) is 20.8 Å². The fourth-order valence-electron chi connectivity index (χ4n) is 3.19. The van der Waals surface area contributed by atoms with E-state index in [1.165, 1.54) is 12.5 Å². The highest BCUT2D eigenvalue weighted by Crippen LogP contribution is 2.46. The number of hydrogen-bond donors (Lipinski definition) is 0. The first kappa shape index (κ1) is 12.5. The van der Waals surface area contributed by atoms with Gasteiger partial charge in [0.05, 0.1) is 6.08 Å². The number of hydrogen-bond acceptors (Lipinski definition) is 3. The highest BCUT2D eigenvalue weighted by Gasteiger charge is 2.51. The van der Waals surface area contributed by atoms with Crippen molar-refractivity contribution in [2.24, 2.45) is 17.8 Å². The maximum absolute atomic E-state index is 11.6. The third-order valence-electron chi connectivity index (χ3n) is 3.90. The molecule has 96 valence electrons. The van der Waals surface area contributed by atoms with Gasteiger partial charge >= 0.3 is 5.97 Å². The molecule has 3 heteroatoms. The molecule has 1 fully saturated rings. The van der Waals surface area contributed by atoms with Gasteiger partial charge in [0.1, 0.15) is 5.76 Å². The molecular weight excluding hydrogens is 216 g/mol. The molecule has 3 nitrogen and oxygen atoms in total. The summed E-state index contributed by atoms with van der Waals surface area (Å²) in [5, 5.41) is 0. The summed E-state index contributed by atoms with van der Waals surface area (Å²) in [6, 6.07) is 0. The van der Waals surface area contributed by atoms with Gasteiger partial charge in [-0.15, -0.1) is 0 Å². The van der Waals surface area contributed by atoms with E-state index in [0.29, 0.717) is 23.5 Å². The first-order valence-corrected chi connectivity index (χ1v) is 6.53. The lowest BCUT2D eigenvalue weighted by molar-refractivity contribution is -0.267. The second-order valence-corrected chi connectivity index (χ2v) is 5.83. The third kappa shape index (κ3) is 2.33. The van der Waals surface area contributed by atoms with Crippen molar-refractivity contribution in [1.82, 2.24) is 0 Å². The molecule has 1 heterocycles. The van der Waals surface area contributed by atoms with E-state index in [0.717, 1.165) is 12.8 Å². The van der Waals surface area contributed by atoms with Crippen LogP contribution in [-0.2, 0) is 14.3 Å². The van der Waals surface area contributed by atoms with Crippen LogP contribution in [-0.4, -0.2) is 11.8 Å². The maximum atomic E-state index is 11.6. The lowest BCUT2D eigenvalue weighted by Gasteiger charge is -2.47. The van der Waals surface area contributed by atoms with E-state index in [-0.39, 0.29) is 5.97 Å². The molecule has 1 aliphatic heterocycles. The number of ether oxygens (including phenoxy) is 2. The van der Waals surface area contributed by atoms with E-state index in [1.807, 2.05) is 6.92 Å². The fourth-order valence-corrected chi connectivity index (χ4v) is 3.19. The Balaban J connectivity index is 2.30. The normalized spacial score (nSPS) is 37.7. The minimum atomic E-state index is -0.707. The lowest BCUT2D eigenvalue weighted by atomic mass is 9.72. The van der Waals surface area contributed by atoms with Crippen molar-refractivity contribution in [3.8, 4) is 0 Å². The molecule has 1 aliphatic carbocycles. The molecule has 1 spiro atoms. The predicted octanol–water partition coefficient (Wildman–Crippen LogP) is 3.25. The van der Waals surface area contributed by atoms with Gasteiger partial charge in [-0.3, -0.25) is 0 Å². The number of carbonyl (C=O) groups is 1. The minimum absolute atomic E-state index is 0.256. The highest BCUT2D eigenvalue weighted by atomic mass is 16.7. The summed E-state index contributed by atoms with van der Waals surface area (Å²) in [4.78, 5) is 11.6. The molecule has 17 heavy (non-hydrogen) atoms. The van der Waals surface area contributed by atoms with E-state index in [1.54, 1.807) is 0 Å². The molecule has 0 amide bonds. The van der Waals surface area contributed by atoms with Crippen molar-refractivity contribution < 1.29 is 14.3 Å². The Morgan fingerprint density at radius 1 is 1.35 bits per heavy atom. The molecule has 0 unspecified atom stereocenters. The topological polar surface area (TPSA) is 35.5 Å². The first-order chi connectivity index (χ1) is 7.93. The van der Waals surface area contributed by atoms with Crippen LogP contribution < -0.4 is 0 Å². The molecule has 0 radical (unpaired) electrons. The Kier molecular flexibility index (Phi) is 3.19. The molecule has 2 rings (SSSR count). The van der Waals surface area contributed by atoms with Gasteiger partial charge in [0.2, 0.25) is 0 Å². The smallest absolute Gasteiger partial charge is 0.337 e. The van der Waals surface area contributed by atoms with Crippen LogP contribution in [0, 0.1) is 17.8 Å². The van der Waals surface area contributed by atoms with Crippen molar-refractivity contribution in [2.45, 2.75) is 52.7 Å². The van der Waals surface area contributed by atoms with Crippen molar-refractivity contribution in [3.63, 3.8) is 0 Å². The van der Waals surface area contributed by atoms with Crippen molar-refractivity contribution >= 4 is 5.97 Å². The second-order valence-electron chi connectivity index (χ2n) is 5.83. The summed E-state index contributed by atoms with van der Waals surface area (Å²) in [5.74, 6) is 1.02. The summed E-state index contributed by atoms with van der Waals surface area (Å²) in [5.41, 5.74) is 0. The Hall–Kier alpha value is -0.990. The van der Waals surface area contributed by atoms with Crippen LogP contribution in [0.5, 0.6) is 0 Å². The van der Waals surface area contributed by atoms with Crippen LogP contribution >= 0.6 is 0 Å². The molecule has 0 aromatic rings. The van der Waals surface area contributed by atoms with Crippen molar-refractivity contribution in [2.75, 3.05) is 0 Å². The predicted molar refractivity (Wildman–Crippen MR) is 65.0 cm³/mol. The minimum Gasteiger partial charge on any atom is -0.456 e. The summed E-state index contributed by atoms with van der Waals surface area (Å²) < 4.78 is 11.5. The number of carbonyl (C=O) groups excluding carboxylic acids is 1. The van der Waals surface area contributed by atoms with Gasteiger partial charge in [-0.05, 0) is 31.6 Å². The van der Waals surface area contributed by atoms with Crippen LogP contribution in [0.1, 0.15) is 47.0 Å². The fraction of sp³-hybridized carbons (Fsp3) is 0.786. The lowest BCUT2D eigenvalue weighted by Crippen LogP contribution is -2.52. The molecule has 0 aromatic carbocycles. The zero-order chi connectivity index (χ0) is 12.6. The van der Waals surface area contributed by atoms with E-state index in [9.17, 15) is 4.79 Å². The Morgan fingerprint density at radius 3 is 2.65 bits per heavy atom. The van der Waals surface area contributed by atoms with Crippen molar-refractivity contribution in [1.29, 1.82) is 0 Å². The summed E-state index contributed by atoms with van der Waals surface area (Å²) in [6.07, 6.45) is 4.50. The highest BCUT2D eigenvalue weighted by molar-refractivity contribution is 5.83. The maximum Gasteiger partial charge on any atom is 0.337 e. The molecule has 0 N–H and O–H groups in total. The molecule has 0 aromatic heterocycles. The zero-order valence-electron chi connectivity index (χ0n) is 11.2. The van der Waals surface area contributed by atoms with E-state index >= 15 is 0 Å². The van der Waals surface area contributed by atoms with Gasteiger partial charge in [-0.2, -0.15) is 0 Å². The monoisotopic (exact) mass is 238 g/mol. The quantitative estimate of drug-likeness (QED) is 0.658. The van der Waals surface area contributed by atoms with Gasteiger partial charge in [0.15, 0.2) is 0 Å². The summed E-state index contributed by atoms with van der Waals surface area (Å²) in [7, 11) is 0. The molecule has 0 bridgehead atoms. The van der Waals surface area contributed by atoms with Crippen LogP contribution in [0.15, 0.2) is 11.8 Å². The average molecular weight is 238 g/mol. The average Bonchev–Trinajstić information content (AvgIpc) is 2.13. The number of esters is 1. The molecular formula is C14H22O3. The molecule has 2 aliphatic rings. The van der Waals surface area contributed by atoms with E-state index in [4.69, 9.17) is 9.47 Å². The van der Waals surface area contributed by atoms with Gasteiger partial charge in [-0.25, -0.2) is 4.79 Å². The Labute approximate surface area is 103 Å². The van der Waals surface area contributed by atoms with Gasteiger partial charge in [0, 0.05) is 12.3 Å². The van der Waals surface area contributed by atoms with Crippen LogP contribution in [0.2, 0.25) is 0 Å². The number of rotatable bonds is 1. The van der Waals surface area contributed by atoms with Crippen LogP contribution in [0.25, 0.3) is 0 Å². The van der Waals surface area contributed by atoms with Crippen molar-refractivity contribution in [3.05, 3.63) is 11.8 Å². The van der Waals surface area contributed by atoms with Gasteiger partial charge < -0.3 is 9.47 Å². The van der Waals surface area contributed by atoms with E-state index < -0.39 is 5.79 Å². The Morgan fingerprint density at radius 2 is 2.06 bits per heavy atom. The third-order valence-corrected chi connectivity index (χ3v) is 3.90. The summed E-state index contributed by atoms with van der Waals surface area (Å²) >= 11 is 0. The van der Waals surface area contributed by atoms with Gasteiger partial charge in [0.25, 0.3) is 5.79 Å². The Bertz CT molecular complexity index is 345. The summed E-state index contributed by atoms with van der Waals surface area (Å²) in [6.45, 7) is 8.38. The van der Waals surface area contributed by atoms with Crippen LogP contribution in [0.4, 0.5) is 0 Å². The largest absolute Gasteiger partial charge is 0.456 e. The van der Waals surface area contributed by atoms with Crippen LogP contribution in [0.3, 0.4) is 0 Å². The first-order valence-electron chi connectivity index (χ1n) is 6.53. The number of allylic oxidation sites excluding steroid dienone is 1. The molecule has 0 saturated heterocycles. The second kappa shape index (κ2) is 4.35. The molecule has 1 saturated carbocycles.